The monoisotopic (exact) mass is 215 g/mol. The molecule has 0 saturated heterocycles. The van der Waals surface area contributed by atoms with E-state index in [0.717, 1.165) is 0 Å². The highest BCUT2D eigenvalue weighted by molar-refractivity contribution is 5.82. The molecule has 0 heterocycles. The molecule has 0 atom stereocenters. The van der Waals surface area contributed by atoms with Gasteiger partial charge in [-0.15, -0.1) is 0 Å². The van der Waals surface area contributed by atoms with Gasteiger partial charge in [-0.25, -0.2) is 4.79 Å². The number of rotatable bonds is 4. The van der Waals surface area contributed by atoms with E-state index in [-0.39, 0.29) is 6.61 Å². The van der Waals surface area contributed by atoms with E-state index in [9.17, 15) is 9.59 Å². The fraction of sp³-hybridized carbons (Fsp3) is 0.600. The van der Waals surface area contributed by atoms with Crippen molar-refractivity contribution in [3.8, 4) is 0 Å². The van der Waals surface area contributed by atoms with Crippen molar-refractivity contribution in [3.63, 3.8) is 0 Å². The summed E-state index contributed by atoms with van der Waals surface area (Å²) in [5, 5.41) is 0. The van der Waals surface area contributed by atoms with Crippen molar-refractivity contribution in [2.24, 2.45) is 5.73 Å². The van der Waals surface area contributed by atoms with E-state index >= 15 is 0 Å². The van der Waals surface area contributed by atoms with Crippen LogP contribution in [-0.2, 0) is 19.1 Å². The van der Waals surface area contributed by atoms with Gasteiger partial charge in [-0.2, -0.15) is 0 Å². The number of ether oxygens (including phenoxy) is 2. The molecule has 5 heteroatoms. The second-order valence-corrected chi connectivity index (χ2v) is 3.85. The lowest BCUT2D eigenvalue weighted by atomic mass is 10.1. The summed E-state index contributed by atoms with van der Waals surface area (Å²) < 4.78 is 9.77. The molecule has 0 saturated carbocycles. The van der Waals surface area contributed by atoms with Crippen molar-refractivity contribution in [1.82, 2.24) is 0 Å². The van der Waals surface area contributed by atoms with Crippen molar-refractivity contribution in [1.29, 1.82) is 0 Å². The van der Waals surface area contributed by atoms with Crippen LogP contribution in [0.3, 0.4) is 0 Å². The predicted molar refractivity (Wildman–Crippen MR) is 54.7 cm³/mol. The third-order valence-corrected chi connectivity index (χ3v) is 1.33. The summed E-state index contributed by atoms with van der Waals surface area (Å²) in [4.78, 5) is 21.8. The van der Waals surface area contributed by atoms with Crippen LogP contribution in [0.5, 0.6) is 0 Å². The zero-order chi connectivity index (χ0) is 12.1. The Bertz CT molecular complexity index is 277. The minimum Gasteiger partial charge on any atom is -0.458 e. The molecule has 0 aliphatic heterocycles. The first-order valence-electron chi connectivity index (χ1n) is 4.53. The molecule has 0 aromatic heterocycles. The molecule has 0 rings (SSSR count). The Labute approximate surface area is 89.2 Å². The fourth-order valence-corrected chi connectivity index (χ4v) is 0.891. The van der Waals surface area contributed by atoms with Crippen LogP contribution >= 0.6 is 0 Å². The van der Waals surface area contributed by atoms with Crippen LogP contribution in [0, 0.1) is 0 Å². The van der Waals surface area contributed by atoms with Crippen molar-refractivity contribution in [2.75, 3.05) is 6.61 Å². The molecule has 0 bridgehead atoms. The highest BCUT2D eigenvalue weighted by Crippen LogP contribution is 2.10. The van der Waals surface area contributed by atoms with Crippen LogP contribution in [0.15, 0.2) is 11.8 Å². The Morgan fingerprint density at radius 1 is 1.33 bits per heavy atom. The maximum atomic E-state index is 11.1. The SMILES string of the molecule is CC(=O)OC(C)(C)COC(=O)/C=C(/C)N. The highest BCUT2D eigenvalue weighted by atomic mass is 16.6. The molecule has 2 N–H and O–H groups in total. The third kappa shape index (κ3) is 7.54. The minimum absolute atomic E-state index is 0.00477. The molecule has 0 aliphatic rings. The molecule has 0 spiro atoms. The molecule has 86 valence electrons. The van der Waals surface area contributed by atoms with Crippen molar-refractivity contribution in [2.45, 2.75) is 33.3 Å². The number of hydrogen-bond acceptors (Lipinski definition) is 5. The van der Waals surface area contributed by atoms with Gasteiger partial charge in [-0.1, -0.05) is 0 Å². The summed E-state index contributed by atoms with van der Waals surface area (Å²) in [6.45, 7) is 6.18. The number of allylic oxidation sites excluding steroid dienone is 1. The average molecular weight is 215 g/mol. The predicted octanol–water partition coefficient (Wildman–Crippen LogP) is 0.734. The van der Waals surface area contributed by atoms with Gasteiger partial charge in [0.25, 0.3) is 0 Å². The topological polar surface area (TPSA) is 78.6 Å². The van der Waals surface area contributed by atoms with Gasteiger partial charge in [-0.05, 0) is 20.8 Å². The number of nitrogens with two attached hydrogens (primary N) is 1. The lowest BCUT2D eigenvalue weighted by Gasteiger charge is -2.23. The summed E-state index contributed by atoms with van der Waals surface area (Å²) in [5.74, 6) is -0.961. The summed E-state index contributed by atoms with van der Waals surface area (Å²) in [6, 6.07) is 0. The quantitative estimate of drug-likeness (QED) is 0.552. The lowest BCUT2D eigenvalue weighted by Crippen LogP contribution is -2.33. The normalized spacial score (nSPS) is 12.1. The van der Waals surface area contributed by atoms with Crippen molar-refractivity contribution in [3.05, 3.63) is 11.8 Å². The first-order valence-corrected chi connectivity index (χ1v) is 4.53. The molecule has 0 unspecified atom stereocenters. The van der Waals surface area contributed by atoms with E-state index in [1.165, 1.54) is 13.0 Å². The lowest BCUT2D eigenvalue weighted by molar-refractivity contribution is -0.164. The first kappa shape index (κ1) is 13.5. The van der Waals surface area contributed by atoms with Crippen LogP contribution in [0.1, 0.15) is 27.7 Å². The molecule has 5 nitrogen and oxygen atoms in total. The van der Waals surface area contributed by atoms with Gasteiger partial charge in [-0.3, -0.25) is 4.79 Å². The first-order chi connectivity index (χ1) is 6.73. The van der Waals surface area contributed by atoms with E-state index in [1.54, 1.807) is 20.8 Å². The van der Waals surface area contributed by atoms with Gasteiger partial charge in [0, 0.05) is 18.7 Å². The number of hydrogen-bond donors (Lipinski definition) is 1. The van der Waals surface area contributed by atoms with E-state index in [4.69, 9.17) is 15.2 Å². The molecule has 0 aromatic rings. The molecule has 0 fully saturated rings. The molecule has 0 radical (unpaired) electrons. The Balaban J connectivity index is 4.09. The van der Waals surface area contributed by atoms with Crippen molar-refractivity contribution < 1.29 is 19.1 Å². The van der Waals surface area contributed by atoms with Gasteiger partial charge < -0.3 is 15.2 Å². The number of carbonyl (C=O) groups excluding carboxylic acids is 2. The van der Waals surface area contributed by atoms with Crippen LogP contribution < -0.4 is 5.73 Å². The maximum absolute atomic E-state index is 11.1. The summed E-state index contributed by atoms with van der Waals surface area (Å²) >= 11 is 0. The molecule has 0 aromatic carbocycles. The van der Waals surface area contributed by atoms with Gasteiger partial charge in [0.05, 0.1) is 0 Å². The van der Waals surface area contributed by atoms with E-state index in [1.807, 2.05) is 0 Å². The average Bonchev–Trinajstić information content (AvgIpc) is 1.97. The smallest absolute Gasteiger partial charge is 0.332 e. The Kier molecular flexibility index (Phi) is 4.84. The second kappa shape index (κ2) is 5.38. The largest absolute Gasteiger partial charge is 0.458 e. The van der Waals surface area contributed by atoms with E-state index < -0.39 is 17.5 Å². The van der Waals surface area contributed by atoms with Crippen LogP contribution in [0.25, 0.3) is 0 Å². The standard InChI is InChI=1S/C10H17NO4/c1-7(11)5-9(13)14-6-10(3,4)15-8(2)12/h5H,6,11H2,1-4H3/b7-5-. The summed E-state index contributed by atoms with van der Waals surface area (Å²) in [5.41, 5.74) is 4.83. The van der Waals surface area contributed by atoms with Gasteiger partial charge in [0.15, 0.2) is 0 Å². The van der Waals surface area contributed by atoms with Crippen LogP contribution in [-0.4, -0.2) is 24.1 Å². The summed E-state index contributed by atoms with van der Waals surface area (Å²) in [7, 11) is 0. The second-order valence-electron chi connectivity index (χ2n) is 3.85. The highest BCUT2D eigenvalue weighted by Gasteiger charge is 2.22. The molecular formula is C10H17NO4. The maximum Gasteiger partial charge on any atom is 0.332 e. The zero-order valence-corrected chi connectivity index (χ0v) is 9.49. The van der Waals surface area contributed by atoms with Crippen LogP contribution in [0.4, 0.5) is 0 Å². The molecule has 0 amide bonds. The van der Waals surface area contributed by atoms with Gasteiger partial charge in [0.2, 0.25) is 0 Å². The molecule has 15 heavy (non-hydrogen) atoms. The van der Waals surface area contributed by atoms with Gasteiger partial charge in [0.1, 0.15) is 12.2 Å². The van der Waals surface area contributed by atoms with E-state index in [2.05, 4.69) is 0 Å². The zero-order valence-electron chi connectivity index (χ0n) is 9.49. The van der Waals surface area contributed by atoms with Crippen molar-refractivity contribution >= 4 is 11.9 Å². The summed E-state index contributed by atoms with van der Waals surface area (Å²) in [6.07, 6.45) is 1.17. The fourth-order valence-electron chi connectivity index (χ4n) is 0.891. The van der Waals surface area contributed by atoms with E-state index in [0.29, 0.717) is 5.70 Å². The Morgan fingerprint density at radius 2 is 1.87 bits per heavy atom. The Hall–Kier alpha value is -1.52. The molecular weight excluding hydrogens is 198 g/mol. The Morgan fingerprint density at radius 3 is 2.27 bits per heavy atom. The molecule has 0 aliphatic carbocycles. The number of carbonyl (C=O) groups is 2. The third-order valence-electron chi connectivity index (χ3n) is 1.33. The number of esters is 2. The van der Waals surface area contributed by atoms with Crippen LogP contribution in [0.2, 0.25) is 0 Å². The minimum atomic E-state index is -0.822. The van der Waals surface area contributed by atoms with Gasteiger partial charge >= 0.3 is 11.9 Å².